The van der Waals surface area contributed by atoms with E-state index in [2.05, 4.69) is 121 Å². The molecule has 2 nitrogen and oxygen atoms in total. The Balaban J connectivity index is 1.22. The first-order valence-corrected chi connectivity index (χ1v) is 14.6. The van der Waals surface area contributed by atoms with Crippen molar-refractivity contribution < 1.29 is 0 Å². The number of allylic oxidation sites excluding steroid dienone is 1. The number of hydrogen-bond donors (Lipinski definition) is 0. The SMILES string of the molecule is C1=Cc2c(c3cc(-c4cccc(-c5ccc6c7ccccc7c7nccnc7c6c5)c4)ccc3c3ccccc23)CC1. The molecule has 1 aliphatic carbocycles. The van der Waals surface area contributed by atoms with Crippen LogP contribution in [0.3, 0.4) is 0 Å². The zero-order chi connectivity index (χ0) is 27.6. The third kappa shape index (κ3) is 3.45. The number of aromatic nitrogens is 2. The lowest BCUT2D eigenvalue weighted by atomic mass is 9.85. The van der Waals surface area contributed by atoms with Crippen LogP contribution in [0.4, 0.5) is 0 Å². The van der Waals surface area contributed by atoms with Crippen LogP contribution in [0, 0.1) is 0 Å². The van der Waals surface area contributed by atoms with Gasteiger partial charge in [0.25, 0.3) is 0 Å². The van der Waals surface area contributed by atoms with Crippen molar-refractivity contribution in [3.05, 3.63) is 139 Å². The highest BCUT2D eigenvalue weighted by Crippen LogP contribution is 2.40. The van der Waals surface area contributed by atoms with E-state index < -0.39 is 0 Å². The van der Waals surface area contributed by atoms with Gasteiger partial charge in [0.05, 0.1) is 11.0 Å². The summed E-state index contributed by atoms with van der Waals surface area (Å²) in [6.45, 7) is 0. The number of nitrogens with zero attached hydrogens (tertiary/aromatic N) is 2. The fraction of sp³-hybridized carbons (Fsp3) is 0.0500. The van der Waals surface area contributed by atoms with Crippen molar-refractivity contribution in [3.8, 4) is 22.3 Å². The van der Waals surface area contributed by atoms with Crippen molar-refractivity contribution >= 4 is 60.2 Å². The van der Waals surface area contributed by atoms with Crippen LogP contribution in [0.5, 0.6) is 0 Å². The predicted molar refractivity (Wildman–Crippen MR) is 178 cm³/mol. The number of fused-ring (bicyclic) bond motifs is 12. The Bertz CT molecular complexity index is 2380. The number of rotatable bonds is 2. The van der Waals surface area contributed by atoms with Gasteiger partial charge in [0, 0.05) is 23.2 Å². The summed E-state index contributed by atoms with van der Waals surface area (Å²) < 4.78 is 0. The Morgan fingerprint density at radius 2 is 0.976 bits per heavy atom. The van der Waals surface area contributed by atoms with Gasteiger partial charge in [-0.2, -0.15) is 0 Å². The van der Waals surface area contributed by atoms with Crippen LogP contribution in [0.25, 0.3) is 82.5 Å². The Kier molecular flexibility index (Phi) is 5.06. The van der Waals surface area contributed by atoms with Gasteiger partial charge in [-0.25, -0.2) is 0 Å². The van der Waals surface area contributed by atoms with Crippen LogP contribution in [-0.4, -0.2) is 9.97 Å². The highest BCUT2D eigenvalue weighted by molar-refractivity contribution is 6.23. The van der Waals surface area contributed by atoms with Gasteiger partial charge >= 0.3 is 0 Å². The van der Waals surface area contributed by atoms with Gasteiger partial charge in [-0.3, -0.25) is 9.97 Å². The van der Waals surface area contributed by atoms with Gasteiger partial charge in [0.2, 0.25) is 0 Å². The summed E-state index contributed by atoms with van der Waals surface area (Å²) in [5.74, 6) is 0. The van der Waals surface area contributed by atoms with Crippen molar-refractivity contribution in [1.29, 1.82) is 0 Å². The number of hydrogen-bond acceptors (Lipinski definition) is 2. The maximum absolute atomic E-state index is 4.78. The quantitative estimate of drug-likeness (QED) is 0.206. The van der Waals surface area contributed by atoms with Gasteiger partial charge in [0.1, 0.15) is 0 Å². The molecule has 0 atom stereocenters. The Hall–Kier alpha value is -5.34. The van der Waals surface area contributed by atoms with E-state index in [1.165, 1.54) is 65.7 Å². The molecule has 0 saturated heterocycles. The molecule has 0 bridgehead atoms. The fourth-order valence-electron chi connectivity index (χ4n) is 7.05. The summed E-state index contributed by atoms with van der Waals surface area (Å²) in [6, 6.07) is 40.1. The molecule has 7 aromatic carbocycles. The van der Waals surface area contributed by atoms with Gasteiger partial charge in [-0.15, -0.1) is 0 Å². The molecule has 0 amide bonds. The minimum absolute atomic E-state index is 0.949. The summed E-state index contributed by atoms with van der Waals surface area (Å²) in [5.41, 5.74) is 9.61. The molecule has 196 valence electrons. The predicted octanol–water partition coefficient (Wildman–Crippen LogP) is 10.5. The first-order valence-electron chi connectivity index (χ1n) is 14.6. The van der Waals surface area contributed by atoms with Crippen molar-refractivity contribution in [1.82, 2.24) is 9.97 Å². The lowest BCUT2D eigenvalue weighted by Crippen LogP contribution is -1.98. The standard InChI is InChI=1S/C40H26N2/c1-2-12-31-29(10-1)30-11-3-4-14-33(30)37-23-27(16-18-34(31)37)25-8-7-9-26(22-25)28-17-19-35-32-13-5-6-15-36(32)39-40(38(35)24-28)42-21-20-41-39/h1-3,5-13,15-24H,4,14H2. The lowest BCUT2D eigenvalue weighted by Gasteiger charge is -2.19. The third-order valence-corrected chi connectivity index (χ3v) is 9.00. The zero-order valence-corrected chi connectivity index (χ0v) is 23.0. The average Bonchev–Trinajstić information content (AvgIpc) is 3.08. The Morgan fingerprint density at radius 3 is 1.71 bits per heavy atom. The minimum atomic E-state index is 0.949. The zero-order valence-electron chi connectivity index (χ0n) is 23.0. The van der Waals surface area contributed by atoms with Crippen LogP contribution >= 0.6 is 0 Å². The molecule has 0 radical (unpaired) electrons. The average molecular weight is 535 g/mol. The van der Waals surface area contributed by atoms with Crippen LogP contribution in [0.2, 0.25) is 0 Å². The molecular formula is C40H26N2. The van der Waals surface area contributed by atoms with Gasteiger partial charge in [-0.1, -0.05) is 103 Å². The molecule has 1 heterocycles. The molecule has 0 fully saturated rings. The molecule has 1 aliphatic rings. The normalized spacial score (nSPS) is 13.0. The second-order valence-corrected chi connectivity index (χ2v) is 11.3. The summed E-state index contributed by atoms with van der Waals surface area (Å²) in [6.07, 6.45) is 10.4. The first kappa shape index (κ1) is 23.4. The number of aryl methyl sites for hydroxylation is 1. The molecule has 0 N–H and O–H groups in total. The smallest absolute Gasteiger partial charge is 0.0971 e. The second kappa shape index (κ2) is 9.09. The van der Waals surface area contributed by atoms with Crippen LogP contribution in [0.1, 0.15) is 17.5 Å². The third-order valence-electron chi connectivity index (χ3n) is 9.00. The molecule has 0 aliphatic heterocycles. The molecule has 0 saturated carbocycles. The summed E-state index contributed by atoms with van der Waals surface area (Å²) >= 11 is 0. The van der Waals surface area contributed by atoms with Gasteiger partial charge < -0.3 is 0 Å². The van der Waals surface area contributed by atoms with E-state index in [0.29, 0.717) is 0 Å². The van der Waals surface area contributed by atoms with Crippen molar-refractivity contribution in [3.63, 3.8) is 0 Å². The number of benzene rings is 7. The Labute approximate surface area is 243 Å². The largest absolute Gasteiger partial charge is 0.252 e. The molecule has 0 spiro atoms. The van der Waals surface area contributed by atoms with E-state index in [4.69, 9.17) is 9.97 Å². The van der Waals surface area contributed by atoms with E-state index in [-0.39, 0.29) is 0 Å². The van der Waals surface area contributed by atoms with Crippen LogP contribution in [0.15, 0.2) is 128 Å². The molecule has 0 unspecified atom stereocenters. The molecule has 8 aromatic rings. The molecular weight excluding hydrogens is 508 g/mol. The molecule has 1 aromatic heterocycles. The molecule has 9 rings (SSSR count). The van der Waals surface area contributed by atoms with Crippen molar-refractivity contribution in [2.75, 3.05) is 0 Å². The summed E-state index contributed by atoms with van der Waals surface area (Å²) in [4.78, 5) is 9.50. The summed E-state index contributed by atoms with van der Waals surface area (Å²) in [7, 11) is 0. The highest BCUT2D eigenvalue weighted by atomic mass is 14.8. The van der Waals surface area contributed by atoms with Crippen LogP contribution < -0.4 is 0 Å². The van der Waals surface area contributed by atoms with Gasteiger partial charge in [0.15, 0.2) is 0 Å². The van der Waals surface area contributed by atoms with Gasteiger partial charge in [-0.05, 0) is 96.7 Å². The monoisotopic (exact) mass is 534 g/mol. The molecule has 2 heteroatoms. The van der Waals surface area contributed by atoms with Crippen LogP contribution in [-0.2, 0) is 6.42 Å². The van der Waals surface area contributed by atoms with E-state index in [0.717, 1.165) is 34.6 Å². The lowest BCUT2D eigenvalue weighted by molar-refractivity contribution is 1.00. The van der Waals surface area contributed by atoms with E-state index >= 15 is 0 Å². The topological polar surface area (TPSA) is 25.8 Å². The minimum Gasteiger partial charge on any atom is -0.252 e. The van der Waals surface area contributed by atoms with E-state index in [1.54, 1.807) is 12.4 Å². The van der Waals surface area contributed by atoms with Crippen molar-refractivity contribution in [2.45, 2.75) is 12.8 Å². The summed E-state index contributed by atoms with van der Waals surface area (Å²) in [5, 5.41) is 10.1. The maximum atomic E-state index is 4.78. The molecule has 42 heavy (non-hydrogen) atoms. The maximum Gasteiger partial charge on any atom is 0.0971 e. The first-order chi connectivity index (χ1) is 20.8. The fourth-order valence-corrected chi connectivity index (χ4v) is 7.05. The van der Waals surface area contributed by atoms with E-state index in [9.17, 15) is 0 Å². The highest BCUT2D eigenvalue weighted by Gasteiger charge is 2.16. The Morgan fingerprint density at radius 1 is 0.429 bits per heavy atom. The second-order valence-electron chi connectivity index (χ2n) is 11.3. The van der Waals surface area contributed by atoms with E-state index in [1.807, 2.05) is 0 Å². The van der Waals surface area contributed by atoms with Crippen molar-refractivity contribution in [2.24, 2.45) is 0 Å².